The van der Waals surface area contributed by atoms with Crippen molar-refractivity contribution >= 4 is 10.3 Å². The highest BCUT2D eigenvalue weighted by molar-refractivity contribution is 8.29. The molecule has 0 spiro atoms. The lowest BCUT2D eigenvalue weighted by atomic mass is 10.2. The van der Waals surface area contributed by atoms with Crippen molar-refractivity contribution in [2.24, 2.45) is 0 Å². The highest BCUT2D eigenvalue weighted by Crippen LogP contribution is 2.53. The SMILES string of the molecule is CC(C)(C)S(C)(C)OCCNCc1ccccc1. The Morgan fingerprint density at radius 3 is 2.28 bits per heavy atom. The van der Waals surface area contributed by atoms with Gasteiger partial charge in [0.2, 0.25) is 0 Å². The second-order valence-electron chi connectivity index (χ2n) is 5.83. The molecular formula is C15H27NOS. The van der Waals surface area contributed by atoms with Crippen LogP contribution in [0.4, 0.5) is 0 Å². The Labute approximate surface area is 114 Å². The lowest BCUT2D eigenvalue weighted by Gasteiger charge is -2.43. The van der Waals surface area contributed by atoms with Gasteiger partial charge in [-0.2, -0.15) is 0 Å². The van der Waals surface area contributed by atoms with Gasteiger partial charge in [-0.1, -0.05) is 51.1 Å². The maximum absolute atomic E-state index is 6.05. The molecule has 0 saturated carbocycles. The normalized spacial score (nSPS) is 13.6. The van der Waals surface area contributed by atoms with Gasteiger partial charge in [0.15, 0.2) is 0 Å². The Morgan fingerprint density at radius 1 is 1.11 bits per heavy atom. The van der Waals surface area contributed by atoms with Crippen molar-refractivity contribution < 1.29 is 4.18 Å². The van der Waals surface area contributed by atoms with E-state index in [4.69, 9.17) is 4.18 Å². The van der Waals surface area contributed by atoms with E-state index in [2.05, 4.69) is 62.9 Å². The van der Waals surface area contributed by atoms with Gasteiger partial charge in [0.25, 0.3) is 0 Å². The summed E-state index contributed by atoms with van der Waals surface area (Å²) in [5.74, 6) is 0. The molecule has 0 atom stereocenters. The summed E-state index contributed by atoms with van der Waals surface area (Å²) in [5.41, 5.74) is 1.32. The van der Waals surface area contributed by atoms with E-state index in [1.54, 1.807) is 0 Å². The molecule has 0 saturated heterocycles. The van der Waals surface area contributed by atoms with Crippen molar-refractivity contribution in [3.63, 3.8) is 0 Å². The molecule has 3 heteroatoms. The smallest absolute Gasteiger partial charge is 0.0717 e. The maximum Gasteiger partial charge on any atom is 0.0717 e. The minimum atomic E-state index is -0.983. The predicted octanol–water partition coefficient (Wildman–Crippen LogP) is 3.57. The van der Waals surface area contributed by atoms with Gasteiger partial charge in [-0.3, -0.25) is 0 Å². The molecule has 1 aromatic rings. The molecule has 2 nitrogen and oxygen atoms in total. The molecule has 0 fully saturated rings. The highest BCUT2D eigenvalue weighted by Gasteiger charge is 2.28. The Hall–Kier alpha value is -0.510. The molecule has 0 heterocycles. The topological polar surface area (TPSA) is 21.3 Å². The first-order valence-electron chi connectivity index (χ1n) is 6.45. The van der Waals surface area contributed by atoms with Crippen LogP contribution in [0.1, 0.15) is 26.3 Å². The Kier molecular flexibility index (Phi) is 5.70. The monoisotopic (exact) mass is 269 g/mol. The number of benzene rings is 1. The fourth-order valence-corrected chi connectivity index (χ4v) is 2.18. The van der Waals surface area contributed by atoms with Gasteiger partial charge in [-0.15, -0.1) is 10.3 Å². The molecule has 18 heavy (non-hydrogen) atoms. The highest BCUT2D eigenvalue weighted by atomic mass is 32.3. The molecule has 1 rings (SSSR count). The van der Waals surface area contributed by atoms with Gasteiger partial charge < -0.3 is 9.50 Å². The van der Waals surface area contributed by atoms with E-state index < -0.39 is 10.3 Å². The number of rotatable bonds is 6. The van der Waals surface area contributed by atoms with Crippen molar-refractivity contribution in [2.45, 2.75) is 32.1 Å². The average Bonchev–Trinajstić information content (AvgIpc) is 2.28. The van der Waals surface area contributed by atoms with Crippen LogP contribution in [-0.2, 0) is 10.7 Å². The lowest BCUT2D eigenvalue weighted by molar-refractivity contribution is 0.343. The molecule has 1 N–H and O–H groups in total. The van der Waals surface area contributed by atoms with Crippen LogP contribution in [0.15, 0.2) is 30.3 Å². The Balaban J connectivity index is 2.20. The van der Waals surface area contributed by atoms with Crippen LogP contribution in [-0.4, -0.2) is 30.4 Å². The Morgan fingerprint density at radius 2 is 1.72 bits per heavy atom. The van der Waals surface area contributed by atoms with Gasteiger partial charge >= 0.3 is 0 Å². The van der Waals surface area contributed by atoms with Gasteiger partial charge in [0.1, 0.15) is 0 Å². The maximum atomic E-state index is 6.05. The van der Waals surface area contributed by atoms with Crippen molar-refractivity contribution in [1.29, 1.82) is 0 Å². The third-order valence-electron chi connectivity index (χ3n) is 3.30. The van der Waals surface area contributed by atoms with E-state index >= 15 is 0 Å². The molecule has 0 aliphatic rings. The number of hydrogen-bond donors (Lipinski definition) is 1. The molecule has 0 bridgehead atoms. The zero-order valence-corrected chi connectivity index (χ0v) is 13.1. The Bertz CT molecular complexity index is 343. The van der Waals surface area contributed by atoms with E-state index in [9.17, 15) is 0 Å². The second kappa shape index (κ2) is 6.60. The van der Waals surface area contributed by atoms with Crippen LogP contribution in [0.3, 0.4) is 0 Å². The van der Waals surface area contributed by atoms with Crippen LogP contribution in [0.2, 0.25) is 0 Å². The van der Waals surface area contributed by atoms with E-state index in [1.165, 1.54) is 5.56 Å². The third-order valence-corrected chi connectivity index (χ3v) is 7.01. The molecule has 0 radical (unpaired) electrons. The summed E-state index contributed by atoms with van der Waals surface area (Å²) in [4.78, 5) is 0. The molecule has 0 unspecified atom stereocenters. The molecular weight excluding hydrogens is 242 g/mol. The van der Waals surface area contributed by atoms with Gasteiger partial charge in [0, 0.05) is 17.8 Å². The van der Waals surface area contributed by atoms with Crippen LogP contribution in [0, 0.1) is 0 Å². The summed E-state index contributed by atoms with van der Waals surface area (Å²) >= 11 is 0. The van der Waals surface area contributed by atoms with Gasteiger partial charge in [-0.05, 0) is 18.1 Å². The van der Waals surface area contributed by atoms with E-state index in [0.29, 0.717) is 0 Å². The summed E-state index contributed by atoms with van der Waals surface area (Å²) in [5, 5.41) is 3.41. The first kappa shape index (κ1) is 15.5. The fourth-order valence-electron chi connectivity index (χ4n) is 1.33. The summed E-state index contributed by atoms with van der Waals surface area (Å²) < 4.78 is 6.30. The molecule has 1 aromatic carbocycles. The van der Waals surface area contributed by atoms with E-state index in [1.807, 2.05) is 6.07 Å². The molecule has 0 aliphatic heterocycles. The van der Waals surface area contributed by atoms with Crippen molar-refractivity contribution in [3.05, 3.63) is 35.9 Å². The van der Waals surface area contributed by atoms with E-state index in [0.717, 1.165) is 19.7 Å². The summed E-state index contributed by atoms with van der Waals surface area (Å²) in [6, 6.07) is 10.5. The summed E-state index contributed by atoms with van der Waals surface area (Å²) in [7, 11) is -0.983. The van der Waals surface area contributed by atoms with Crippen LogP contribution in [0.25, 0.3) is 0 Å². The van der Waals surface area contributed by atoms with Crippen molar-refractivity contribution in [2.75, 3.05) is 25.7 Å². The standard InChI is InChI=1S/C15H27NOS/c1-15(2,3)18(4,5)17-12-11-16-13-14-9-7-6-8-10-14/h6-10,16H,11-13H2,1-5H3. The van der Waals surface area contributed by atoms with Gasteiger partial charge in [0.05, 0.1) is 6.61 Å². The van der Waals surface area contributed by atoms with Crippen LogP contribution >= 0.6 is 10.3 Å². The molecule has 104 valence electrons. The minimum Gasteiger partial charge on any atom is -0.335 e. The van der Waals surface area contributed by atoms with Gasteiger partial charge in [-0.25, -0.2) is 0 Å². The molecule has 0 aliphatic carbocycles. The quantitative estimate of drug-likeness (QED) is 0.797. The third kappa shape index (κ3) is 5.01. The first-order chi connectivity index (χ1) is 8.33. The summed E-state index contributed by atoms with van der Waals surface area (Å²) in [6.45, 7) is 9.35. The summed E-state index contributed by atoms with van der Waals surface area (Å²) in [6.07, 6.45) is 4.48. The fraction of sp³-hybridized carbons (Fsp3) is 0.600. The van der Waals surface area contributed by atoms with Crippen molar-refractivity contribution in [1.82, 2.24) is 5.32 Å². The predicted molar refractivity (Wildman–Crippen MR) is 83.3 cm³/mol. The van der Waals surface area contributed by atoms with Crippen LogP contribution < -0.4 is 5.32 Å². The zero-order chi connectivity index (χ0) is 13.6. The lowest BCUT2D eigenvalue weighted by Crippen LogP contribution is -2.28. The molecule has 0 amide bonds. The van der Waals surface area contributed by atoms with E-state index in [-0.39, 0.29) is 4.75 Å². The number of nitrogens with one attached hydrogen (secondary N) is 1. The largest absolute Gasteiger partial charge is 0.335 e. The minimum absolute atomic E-state index is 0.242. The van der Waals surface area contributed by atoms with Crippen LogP contribution in [0.5, 0.6) is 0 Å². The second-order valence-corrected chi connectivity index (χ2v) is 9.76. The molecule has 0 aromatic heterocycles. The van der Waals surface area contributed by atoms with Crippen molar-refractivity contribution in [3.8, 4) is 0 Å². The number of hydrogen-bond acceptors (Lipinski definition) is 2. The first-order valence-corrected chi connectivity index (χ1v) is 8.82. The average molecular weight is 269 g/mol. The zero-order valence-electron chi connectivity index (χ0n) is 12.3.